The van der Waals surface area contributed by atoms with Gasteiger partial charge in [-0.15, -0.1) is 0 Å². The Bertz CT molecular complexity index is 584. The third-order valence-corrected chi connectivity index (χ3v) is 2.54. The number of nitrogens with zero attached hydrogens (tertiary/aromatic N) is 2. The lowest BCUT2D eigenvalue weighted by Crippen LogP contribution is -2.38. The van der Waals surface area contributed by atoms with E-state index in [9.17, 15) is 8.78 Å². The highest BCUT2D eigenvalue weighted by atomic mass is 19.1. The van der Waals surface area contributed by atoms with Gasteiger partial charge in [-0.3, -0.25) is 0 Å². The van der Waals surface area contributed by atoms with Crippen molar-refractivity contribution < 1.29 is 18.0 Å². The molecule has 5 nitrogen and oxygen atoms in total. The summed E-state index contributed by atoms with van der Waals surface area (Å²) >= 11 is 0. The number of hydrogen-bond donors (Lipinski definition) is 1. The van der Waals surface area contributed by atoms with Gasteiger partial charge in [-0.2, -0.15) is 4.98 Å². The van der Waals surface area contributed by atoms with Crippen LogP contribution in [0.3, 0.4) is 0 Å². The number of halogens is 2. The lowest BCUT2D eigenvalue weighted by molar-refractivity contribution is 0.135. The molecule has 0 aliphatic carbocycles. The number of aromatic nitrogens is 2. The van der Waals surface area contributed by atoms with Gasteiger partial charge in [0.05, 0.1) is 12.2 Å². The van der Waals surface area contributed by atoms with Crippen LogP contribution in [0.2, 0.25) is 0 Å². The van der Waals surface area contributed by atoms with Crippen LogP contribution in [0.5, 0.6) is 0 Å². The zero-order chi connectivity index (χ0) is 14.0. The second-order valence-corrected chi connectivity index (χ2v) is 4.40. The first-order chi connectivity index (χ1) is 8.94. The molecule has 1 heterocycles. The average molecular weight is 269 g/mol. The maximum absolute atomic E-state index is 13.6. The van der Waals surface area contributed by atoms with Gasteiger partial charge >= 0.3 is 0 Å². The second kappa shape index (κ2) is 5.02. The molecule has 0 saturated carbocycles. The minimum atomic E-state index is -0.951. The van der Waals surface area contributed by atoms with Crippen molar-refractivity contribution >= 4 is 0 Å². The van der Waals surface area contributed by atoms with Crippen molar-refractivity contribution in [3.8, 4) is 11.5 Å². The highest BCUT2D eigenvalue weighted by Gasteiger charge is 2.28. The van der Waals surface area contributed by atoms with E-state index < -0.39 is 17.2 Å². The molecule has 0 aliphatic heterocycles. The molecule has 2 rings (SSSR count). The maximum Gasteiger partial charge on any atom is 0.260 e. The topological polar surface area (TPSA) is 74.2 Å². The first kappa shape index (κ1) is 13.6. The molecule has 0 spiro atoms. The van der Waals surface area contributed by atoms with E-state index in [1.807, 2.05) is 0 Å². The Balaban J connectivity index is 2.35. The zero-order valence-electron chi connectivity index (χ0n) is 10.5. The second-order valence-electron chi connectivity index (χ2n) is 4.40. The molecule has 0 fully saturated rings. The number of ether oxygens (including phenoxy) is 1. The van der Waals surface area contributed by atoms with E-state index in [0.717, 1.165) is 12.1 Å². The van der Waals surface area contributed by atoms with E-state index in [-0.39, 0.29) is 23.9 Å². The van der Waals surface area contributed by atoms with Crippen molar-refractivity contribution in [3.05, 3.63) is 35.7 Å². The summed E-state index contributed by atoms with van der Waals surface area (Å²) in [4.78, 5) is 4.02. The summed E-state index contributed by atoms with van der Waals surface area (Å²) in [6.45, 7) is 1.84. The Hall–Kier alpha value is -1.86. The molecular weight excluding hydrogens is 256 g/mol. The molecule has 1 aromatic carbocycles. The predicted molar refractivity (Wildman–Crippen MR) is 63.1 cm³/mol. The van der Waals surface area contributed by atoms with Gasteiger partial charge in [-0.1, -0.05) is 5.16 Å². The summed E-state index contributed by atoms with van der Waals surface area (Å²) in [6.07, 6.45) is 0. The normalized spacial score (nSPS) is 14.4. The third kappa shape index (κ3) is 2.77. The zero-order valence-corrected chi connectivity index (χ0v) is 10.5. The van der Waals surface area contributed by atoms with Gasteiger partial charge < -0.3 is 15.0 Å². The van der Waals surface area contributed by atoms with Gasteiger partial charge in [0.1, 0.15) is 17.2 Å². The van der Waals surface area contributed by atoms with Crippen LogP contribution in [-0.4, -0.2) is 23.9 Å². The standard InChI is InChI=1S/C12H13F2N3O2/c1-12(15,6-18-2)11-16-10(19-17-11)8-4-3-7(13)5-9(8)14/h3-5H,6,15H2,1-2H3. The fourth-order valence-corrected chi connectivity index (χ4v) is 1.59. The summed E-state index contributed by atoms with van der Waals surface area (Å²) < 4.78 is 36.3. The summed E-state index contributed by atoms with van der Waals surface area (Å²) in [6, 6.07) is 3.08. The molecule has 1 atom stereocenters. The minimum Gasteiger partial charge on any atom is -0.382 e. The van der Waals surface area contributed by atoms with E-state index in [4.69, 9.17) is 15.0 Å². The molecule has 0 aliphatic rings. The van der Waals surface area contributed by atoms with Crippen molar-refractivity contribution in [1.82, 2.24) is 10.1 Å². The lowest BCUT2D eigenvalue weighted by atomic mass is 10.1. The molecular formula is C12H13F2N3O2. The van der Waals surface area contributed by atoms with Crippen molar-refractivity contribution in [2.45, 2.75) is 12.5 Å². The molecule has 2 aromatic rings. The average Bonchev–Trinajstić information content (AvgIpc) is 2.78. The van der Waals surface area contributed by atoms with Gasteiger partial charge in [-0.25, -0.2) is 8.78 Å². The molecule has 0 radical (unpaired) electrons. The summed E-state index contributed by atoms with van der Waals surface area (Å²) in [5.41, 5.74) is 5.01. The van der Waals surface area contributed by atoms with Crippen LogP contribution in [0.25, 0.3) is 11.5 Å². The van der Waals surface area contributed by atoms with Crippen LogP contribution in [0.15, 0.2) is 22.7 Å². The van der Waals surface area contributed by atoms with Crippen LogP contribution in [-0.2, 0) is 10.3 Å². The Morgan fingerprint density at radius 1 is 1.42 bits per heavy atom. The molecule has 2 N–H and O–H groups in total. The van der Waals surface area contributed by atoms with Crippen LogP contribution in [0.1, 0.15) is 12.7 Å². The first-order valence-electron chi connectivity index (χ1n) is 5.51. The van der Waals surface area contributed by atoms with E-state index >= 15 is 0 Å². The molecule has 19 heavy (non-hydrogen) atoms. The summed E-state index contributed by atoms with van der Waals surface area (Å²) in [7, 11) is 1.49. The Kier molecular flexibility index (Phi) is 3.59. The van der Waals surface area contributed by atoms with E-state index in [1.165, 1.54) is 13.2 Å². The molecule has 102 valence electrons. The fourth-order valence-electron chi connectivity index (χ4n) is 1.59. The summed E-state index contributed by atoms with van der Waals surface area (Å²) in [5, 5.41) is 3.69. The van der Waals surface area contributed by atoms with E-state index in [1.54, 1.807) is 6.92 Å². The summed E-state index contributed by atoms with van der Waals surface area (Å²) in [5.74, 6) is -1.32. The van der Waals surface area contributed by atoms with Crippen molar-refractivity contribution in [2.75, 3.05) is 13.7 Å². The molecule has 0 amide bonds. The number of rotatable bonds is 4. The van der Waals surface area contributed by atoms with E-state index in [2.05, 4.69) is 10.1 Å². The first-order valence-corrected chi connectivity index (χ1v) is 5.51. The predicted octanol–water partition coefficient (Wildman–Crippen LogP) is 1.84. The lowest BCUT2D eigenvalue weighted by Gasteiger charge is -2.18. The smallest absolute Gasteiger partial charge is 0.260 e. The van der Waals surface area contributed by atoms with Gasteiger partial charge in [-0.05, 0) is 19.1 Å². The van der Waals surface area contributed by atoms with Gasteiger partial charge in [0.2, 0.25) is 0 Å². The number of hydrogen-bond acceptors (Lipinski definition) is 5. The van der Waals surface area contributed by atoms with Crippen LogP contribution >= 0.6 is 0 Å². The molecule has 0 saturated heterocycles. The number of methoxy groups -OCH3 is 1. The molecule has 1 unspecified atom stereocenters. The highest BCUT2D eigenvalue weighted by Crippen LogP contribution is 2.24. The Morgan fingerprint density at radius 2 is 2.16 bits per heavy atom. The third-order valence-electron chi connectivity index (χ3n) is 2.54. The molecule has 1 aromatic heterocycles. The van der Waals surface area contributed by atoms with Crippen LogP contribution in [0.4, 0.5) is 8.78 Å². The van der Waals surface area contributed by atoms with Crippen LogP contribution < -0.4 is 5.73 Å². The van der Waals surface area contributed by atoms with Gasteiger partial charge in [0, 0.05) is 13.2 Å². The molecule has 0 bridgehead atoms. The van der Waals surface area contributed by atoms with Gasteiger partial charge in [0.15, 0.2) is 5.82 Å². The van der Waals surface area contributed by atoms with E-state index in [0.29, 0.717) is 0 Å². The monoisotopic (exact) mass is 269 g/mol. The largest absolute Gasteiger partial charge is 0.382 e. The SMILES string of the molecule is COCC(C)(N)c1noc(-c2ccc(F)cc2F)n1. The van der Waals surface area contributed by atoms with Crippen molar-refractivity contribution in [2.24, 2.45) is 5.73 Å². The number of nitrogens with two attached hydrogens (primary N) is 1. The van der Waals surface area contributed by atoms with Gasteiger partial charge in [0.25, 0.3) is 5.89 Å². The molecule has 7 heteroatoms. The highest BCUT2D eigenvalue weighted by molar-refractivity contribution is 5.53. The maximum atomic E-state index is 13.6. The Labute approximate surface area is 108 Å². The van der Waals surface area contributed by atoms with Crippen molar-refractivity contribution in [1.29, 1.82) is 0 Å². The number of benzene rings is 1. The Morgan fingerprint density at radius 3 is 2.79 bits per heavy atom. The quantitative estimate of drug-likeness (QED) is 0.916. The van der Waals surface area contributed by atoms with Crippen LogP contribution in [0, 0.1) is 11.6 Å². The fraction of sp³-hybridized carbons (Fsp3) is 0.333. The minimum absolute atomic E-state index is 0.0216. The van der Waals surface area contributed by atoms with Crippen molar-refractivity contribution in [3.63, 3.8) is 0 Å².